The molecule has 0 spiro atoms. The predicted octanol–water partition coefficient (Wildman–Crippen LogP) is 1.21. The van der Waals surface area contributed by atoms with Crippen LogP contribution in [0.2, 0.25) is 0 Å². The van der Waals surface area contributed by atoms with Gasteiger partial charge < -0.3 is 5.53 Å². The maximum Gasteiger partial charge on any atom is 0.323 e. The van der Waals surface area contributed by atoms with Crippen molar-refractivity contribution in [2.24, 2.45) is 0 Å². The van der Waals surface area contributed by atoms with Crippen molar-refractivity contribution >= 4 is 12.0 Å². The second-order valence-corrected chi connectivity index (χ2v) is 1.89. The first-order chi connectivity index (χ1) is 4.81. The summed E-state index contributed by atoms with van der Waals surface area (Å²) in [6.45, 7) is 3.51. The summed E-state index contributed by atoms with van der Waals surface area (Å²) in [6, 6.07) is 0. The molecule has 0 unspecified atom stereocenters. The zero-order valence-corrected chi connectivity index (χ0v) is 5.79. The van der Waals surface area contributed by atoms with Crippen molar-refractivity contribution in [3.8, 4) is 0 Å². The number of ketones is 1. The highest BCUT2D eigenvalue weighted by Gasteiger charge is 1.99. The van der Waals surface area contributed by atoms with Crippen LogP contribution in [0, 0.1) is 0 Å². The SMILES string of the molecule is C=CCCCC(=O)C=[N+]=[N-]. The highest BCUT2D eigenvalue weighted by molar-refractivity contribution is 6.25. The molecule has 0 heterocycles. The summed E-state index contributed by atoms with van der Waals surface area (Å²) in [6.07, 6.45) is 4.70. The first kappa shape index (κ1) is 8.79. The molecule has 0 aliphatic rings. The molecule has 54 valence electrons. The third kappa shape index (κ3) is 4.94. The van der Waals surface area contributed by atoms with Gasteiger partial charge in [-0.2, -0.15) is 4.79 Å². The van der Waals surface area contributed by atoms with Crippen LogP contribution in [0.25, 0.3) is 5.53 Å². The molecule has 0 aliphatic heterocycles. The maximum absolute atomic E-state index is 10.6. The minimum atomic E-state index is -0.149. The average molecular weight is 138 g/mol. The lowest BCUT2D eigenvalue weighted by Crippen LogP contribution is -1.98. The minimum absolute atomic E-state index is 0.149. The Labute approximate surface area is 60.0 Å². The van der Waals surface area contributed by atoms with E-state index < -0.39 is 0 Å². The molecule has 0 aromatic carbocycles. The molecule has 0 fully saturated rings. The van der Waals surface area contributed by atoms with Crippen LogP contribution in [0.3, 0.4) is 0 Å². The Bertz CT molecular complexity index is 168. The third-order valence-corrected chi connectivity index (χ3v) is 1.03. The van der Waals surface area contributed by atoms with Gasteiger partial charge in [-0.1, -0.05) is 6.08 Å². The summed E-state index contributed by atoms with van der Waals surface area (Å²) in [5.41, 5.74) is 7.92. The highest BCUT2D eigenvalue weighted by atomic mass is 16.1. The van der Waals surface area contributed by atoms with Crippen molar-refractivity contribution in [2.45, 2.75) is 19.3 Å². The molecule has 0 aromatic rings. The van der Waals surface area contributed by atoms with Gasteiger partial charge in [-0.3, -0.25) is 4.79 Å². The largest absolute Gasteiger partial charge is 0.361 e. The molecule has 0 saturated carbocycles. The molecule has 0 radical (unpaired) electrons. The minimum Gasteiger partial charge on any atom is -0.361 e. The molecule has 0 aromatic heterocycles. The fraction of sp³-hybridized carbons (Fsp3) is 0.429. The Hall–Kier alpha value is -1.21. The van der Waals surface area contributed by atoms with E-state index in [0.717, 1.165) is 19.1 Å². The van der Waals surface area contributed by atoms with Crippen LogP contribution in [0.4, 0.5) is 0 Å². The van der Waals surface area contributed by atoms with Crippen LogP contribution < -0.4 is 0 Å². The standard InChI is InChI=1S/C7H10N2O/c1-2-3-4-5-7(10)6-9-8/h2,6H,1,3-5H2. The fourth-order valence-electron chi connectivity index (χ4n) is 0.550. The van der Waals surface area contributed by atoms with Crippen LogP contribution >= 0.6 is 0 Å². The van der Waals surface area contributed by atoms with Gasteiger partial charge in [-0.15, -0.1) is 6.58 Å². The molecule has 0 saturated heterocycles. The second-order valence-electron chi connectivity index (χ2n) is 1.89. The van der Waals surface area contributed by atoms with E-state index in [-0.39, 0.29) is 5.78 Å². The van der Waals surface area contributed by atoms with E-state index in [1.165, 1.54) is 0 Å². The van der Waals surface area contributed by atoms with E-state index in [1.54, 1.807) is 6.08 Å². The Morgan fingerprint density at radius 3 is 2.90 bits per heavy atom. The Morgan fingerprint density at radius 2 is 2.40 bits per heavy atom. The molecule has 3 nitrogen and oxygen atoms in total. The van der Waals surface area contributed by atoms with Crippen molar-refractivity contribution in [1.29, 1.82) is 0 Å². The third-order valence-electron chi connectivity index (χ3n) is 1.03. The summed E-state index contributed by atoms with van der Waals surface area (Å²) in [7, 11) is 0. The number of unbranched alkanes of at least 4 members (excludes halogenated alkanes) is 1. The van der Waals surface area contributed by atoms with Crippen LogP contribution in [0.5, 0.6) is 0 Å². The van der Waals surface area contributed by atoms with E-state index in [4.69, 9.17) is 5.53 Å². The number of carbonyl (C=O) groups excluding carboxylic acids is 1. The number of nitrogens with zero attached hydrogens (tertiary/aromatic N) is 2. The van der Waals surface area contributed by atoms with E-state index in [1.807, 2.05) is 0 Å². The topological polar surface area (TPSA) is 53.5 Å². The van der Waals surface area contributed by atoms with Gasteiger partial charge in [-0.25, -0.2) is 0 Å². The Balaban J connectivity index is 3.39. The number of hydrogen-bond donors (Lipinski definition) is 0. The van der Waals surface area contributed by atoms with Gasteiger partial charge in [0.05, 0.1) is 0 Å². The lowest BCUT2D eigenvalue weighted by molar-refractivity contribution is -0.116. The van der Waals surface area contributed by atoms with E-state index >= 15 is 0 Å². The van der Waals surface area contributed by atoms with Gasteiger partial charge in [0, 0.05) is 6.42 Å². The lowest BCUT2D eigenvalue weighted by atomic mass is 10.2. The Kier molecular flexibility index (Phi) is 5.20. The number of rotatable bonds is 5. The molecule has 3 heteroatoms. The number of allylic oxidation sites excluding steroid dienone is 1. The van der Waals surface area contributed by atoms with Gasteiger partial charge in [0.25, 0.3) is 0 Å². The van der Waals surface area contributed by atoms with Gasteiger partial charge in [-0.05, 0) is 12.8 Å². The molecule has 0 N–H and O–H groups in total. The van der Waals surface area contributed by atoms with Crippen molar-refractivity contribution < 1.29 is 9.58 Å². The zero-order valence-electron chi connectivity index (χ0n) is 5.79. The van der Waals surface area contributed by atoms with Gasteiger partial charge in [0.15, 0.2) is 0 Å². The Morgan fingerprint density at radius 1 is 1.70 bits per heavy atom. The number of Topliss-reactive ketones (excluding diaryl/α,β-unsaturated/α-hetero) is 1. The smallest absolute Gasteiger partial charge is 0.323 e. The van der Waals surface area contributed by atoms with Crippen molar-refractivity contribution in [3.63, 3.8) is 0 Å². The molecule has 0 aliphatic carbocycles. The summed E-state index contributed by atoms with van der Waals surface area (Å²) >= 11 is 0. The summed E-state index contributed by atoms with van der Waals surface area (Å²) in [5.74, 6) is -0.149. The monoisotopic (exact) mass is 138 g/mol. The number of carbonyl (C=O) groups is 1. The van der Waals surface area contributed by atoms with E-state index in [2.05, 4.69) is 11.4 Å². The number of hydrogen-bond acceptors (Lipinski definition) is 1. The zero-order chi connectivity index (χ0) is 7.82. The van der Waals surface area contributed by atoms with Crippen LogP contribution in [0.15, 0.2) is 12.7 Å². The maximum atomic E-state index is 10.6. The molecule has 0 amide bonds. The second kappa shape index (κ2) is 5.92. The van der Waals surface area contributed by atoms with Crippen LogP contribution in [0.1, 0.15) is 19.3 Å². The molecule has 10 heavy (non-hydrogen) atoms. The highest BCUT2D eigenvalue weighted by Crippen LogP contribution is 1.94. The first-order valence-corrected chi connectivity index (χ1v) is 3.12. The molecule has 0 bridgehead atoms. The van der Waals surface area contributed by atoms with Crippen molar-refractivity contribution in [2.75, 3.05) is 0 Å². The quantitative estimate of drug-likeness (QED) is 0.185. The van der Waals surface area contributed by atoms with Gasteiger partial charge in [0.2, 0.25) is 5.78 Å². The lowest BCUT2D eigenvalue weighted by Gasteiger charge is -1.86. The summed E-state index contributed by atoms with van der Waals surface area (Å²) in [5, 5.41) is 0. The van der Waals surface area contributed by atoms with Gasteiger partial charge in [0.1, 0.15) is 0 Å². The predicted molar refractivity (Wildman–Crippen MR) is 38.7 cm³/mol. The fourth-order valence-corrected chi connectivity index (χ4v) is 0.550. The molecule has 0 rings (SSSR count). The van der Waals surface area contributed by atoms with Crippen LogP contribution in [-0.4, -0.2) is 16.8 Å². The normalized spacial score (nSPS) is 8.00. The summed E-state index contributed by atoms with van der Waals surface area (Å²) < 4.78 is 0. The molecular weight excluding hydrogens is 128 g/mol. The van der Waals surface area contributed by atoms with Crippen molar-refractivity contribution in [3.05, 3.63) is 18.2 Å². The summed E-state index contributed by atoms with van der Waals surface area (Å²) in [4.78, 5) is 13.2. The average Bonchev–Trinajstić information content (AvgIpc) is 1.89. The molecular formula is C7H10N2O. The molecule has 0 atom stereocenters. The van der Waals surface area contributed by atoms with Crippen LogP contribution in [-0.2, 0) is 4.79 Å². The van der Waals surface area contributed by atoms with Crippen molar-refractivity contribution in [1.82, 2.24) is 0 Å². The van der Waals surface area contributed by atoms with Gasteiger partial charge >= 0.3 is 6.21 Å². The van der Waals surface area contributed by atoms with E-state index in [0.29, 0.717) is 6.42 Å². The first-order valence-electron chi connectivity index (χ1n) is 3.12. The van der Waals surface area contributed by atoms with E-state index in [9.17, 15) is 4.79 Å².